The molecule has 11 heteroatoms. The van der Waals surface area contributed by atoms with Gasteiger partial charge in [-0.3, -0.25) is 4.79 Å². The number of halogens is 3. The lowest BCUT2D eigenvalue weighted by molar-refractivity contribution is -0.159. The summed E-state index contributed by atoms with van der Waals surface area (Å²) in [6.45, 7) is 0.0266. The molecule has 7 nitrogen and oxygen atoms in total. The van der Waals surface area contributed by atoms with E-state index in [4.69, 9.17) is 0 Å². The van der Waals surface area contributed by atoms with Gasteiger partial charge in [0.05, 0.1) is 5.75 Å². The molecule has 22 heavy (non-hydrogen) atoms. The van der Waals surface area contributed by atoms with E-state index in [-0.39, 0.29) is 36.9 Å². The number of hydrogen-bond donors (Lipinski definition) is 1. The molecule has 1 aromatic heterocycles. The SMILES string of the molecule is O=C(C[C@H]1C=CS(=O)(=O)C1)NCCc1noc(C(F)(F)F)n1. The van der Waals surface area contributed by atoms with Crippen molar-refractivity contribution in [2.75, 3.05) is 12.3 Å². The number of allylic oxidation sites excluding steroid dienone is 1. The summed E-state index contributed by atoms with van der Waals surface area (Å²) in [5, 5.41) is 6.69. The molecule has 0 saturated heterocycles. The molecule has 0 spiro atoms. The third-order valence-corrected chi connectivity index (χ3v) is 4.30. The number of aromatic nitrogens is 2. The van der Waals surface area contributed by atoms with Gasteiger partial charge >= 0.3 is 12.1 Å². The number of hydrogen-bond acceptors (Lipinski definition) is 6. The quantitative estimate of drug-likeness (QED) is 0.847. The summed E-state index contributed by atoms with van der Waals surface area (Å²) in [7, 11) is -3.22. The molecule has 0 unspecified atom stereocenters. The van der Waals surface area contributed by atoms with E-state index in [9.17, 15) is 26.4 Å². The summed E-state index contributed by atoms with van der Waals surface area (Å²) in [6, 6.07) is 0. The third-order valence-electron chi connectivity index (χ3n) is 2.83. The molecule has 1 aromatic rings. The van der Waals surface area contributed by atoms with E-state index in [0.717, 1.165) is 5.41 Å². The number of nitrogens with zero attached hydrogens (tertiary/aromatic N) is 2. The summed E-state index contributed by atoms with van der Waals surface area (Å²) in [5.74, 6) is -2.50. The molecule has 1 N–H and O–H groups in total. The second-order valence-electron chi connectivity index (χ2n) is 4.74. The Balaban J connectivity index is 1.74. The van der Waals surface area contributed by atoms with E-state index >= 15 is 0 Å². The predicted molar refractivity (Wildman–Crippen MR) is 67.0 cm³/mol. The van der Waals surface area contributed by atoms with Gasteiger partial charge in [0, 0.05) is 30.7 Å². The minimum atomic E-state index is -4.70. The third kappa shape index (κ3) is 4.55. The first-order valence-corrected chi connectivity index (χ1v) is 7.95. The summed E-state index contributed by atoms with van der Waals surface area (Å²) in [4.78, 5) is 14.7. The zero-order chi connectivity index (χ0) is 16.4. The Kier molecular flexibility index (Phi) is 4.54. The molecule has 0 aliphatic carbocycles. The van der Waals surface area contributed by atoms with Crippen LogP contribution in [0, 0.1) is 5.92 Å². The number of rotatable bonds is 5. The first-order chi connectivity index (χ1) is 10.2. The van der Waals surface area contributed by atoms with E-state index in [1.54, 1.807) is 0 Å². The molecule has 1 aliphatic heterocycles. The van der Waals surface area contributed by atoms with Crippen molar-refractivity contribution in [3.8, 4) is 0 Å². The van der Waals surface area contributed by atoms with E-state index in [1.165, 1.54) is 6.08 Å². The maximum absolute atomic E-state index is 12.2. The van der Waals surface area contributed by atoms with Crippen molar-refractivity contribution in [3.63, 3.8) is 0 Å². The Morgan fingerprint density at radius 3 is 2.73 bits per heavy atom. The fourth-order valence-corrected chi connectivity index (χ4v) is 3.26. The normalized spacial score (nSPS) is 20.2. The maximum Gasteiger partial charge on any atom is 0.471 e. The van der Waals surface area contributed by atoms with Gasteiger partial charge < -0.3 is 9.84 Å². The zero-order valence-corrected chi connectivity index (χ0v) is 11.9. The molecule has 1 amide bonds. The summed E-state index contributed by atoms with van der Waals surface area (Å²) in [6.07, 6.45) is -3.28. The lowest BCUT2D eigenvalue weighted by Gasteiger charge is -2.07. The van der Waals surface area contributed by atoms with Gasteiger partial charge in [0.1, 0.15) is 0 Å². The molecule has 2 rings (SSSR count). The van der Waals surface area contributed by atoms with Crippen LogP contribution < -0.4 is 5.32 Å². The number of nitrogens with one attached hydrogen (secondary N) is 1. The second kappa shape index (κ2) is 6.07. The van der Waals surface area contributed by atoms with Crippen molar-refractivity contribution in [2.24, 2.45) is 5.92 Å². The molecule has 0 radical (unpaired) electrons. The Morgan fingerprint density at radius 2 is 2.18 bits per heavy atom. The molecule has 1 aliphatic rings. The highest BCUT2D eigenvalue weighted by Crippen LogP contribution is 2.27. The van der Waals surface area contributed by atoms with E-state index in [2.05, 4.69) is 20.0 Å². The number of carbonyl (C=O) groups excluding carboxylic acids is 1. The average molecular weight is 339 g/mol. The first-order valence-electron chi connectivity index (χ1n) is 6.23. The molecular weight excluding hydrogens is 327 g/mol. The van der Waals surface area contributed by atoms with Gasteiger partial charge in [-0.15, -0.1) is 0 Å². The fourth-order valence-electron chi connectivity index (χ4n) is 1.86. The first kappa shape index (κ1) is 16.5. The molecule has 0 saturated carbocycles. The fraction of sp³-hybridized carbons (Fsp3) is 0.545. The highest BCUT2D eigenvalue weighted by molar-refractivity contribution is 7.94. The highest BCUT2D eigenvalue weighted by Gasteiger charge is 2.38. The van der Waals surface area contributed by atoms with E-state index in [0.29, 0.717) is 0 Å². The topological polar surface area (TPSA) is 102 Å². The van der Waals surface area contributed by atoms with Crippen molar-refractivity contribution in [3.05, 3.63) is 23.2 Å². The van der Waals surface area contributed by atoms with Crippen LogP contribution in [-0.2, 0) is 27.2 Å². The average Bonchev–Trinajstić information content (AvgIpc) is 2.95. The summed E-state index contributed by atoms with van der Waals surface area (Å²) < 4.78 is 63.0. The Hall–Kier alpha value is -1.91. The minimum absolute atomic E-state index is 0.00419. The van der Waals surface area contributed by atoms with Crippen LogP contribution in [0.3, 0.4) is 0 Å². The van der Waals surface area contributed by atoms with Gasteiger partial charge in [-0.25, -0.2) is 8.42 Å². The predicted octanol–water partition coefficient (Wildman–Crippen LogP) is 0.695. The van der Waals surface area contributed by atoms with Crippen molar-refractivity contribution >= 4 is 15.7 Å². The molecule has 1 atom stereocenters. The zero-order valence-electron chi connectivity index (χ0n) is 11.1. The van der Waals surface area contributed by atoms with Crippen molar-refractivity contribution in [2.45, 2.75) is 19.0 Å². The molecule has 0 fully saturated rings. The van der Waals surface area contributed by atoms with E-state index in [1.807, 2.05) is 0 Å². The van der Waals surface area contributed by atoms with Gasteiger partial charge in [-0.2, -0.15) is 18.2 Å². The minimum Gasteiger partial charge on any atom is -0.356 e. The molecule has 122 valence electrons. The van der Waals surface area contributed by atoms with Crippen molar-refractivity contribution in [1.29, 1.82) is 0 Å². The van der Waals surface area contributed by atoms with Gasteiger partial charge in [0.2, 0.25) is 5.91 Å². The standard InChI is InChI=1S/C11H12F3N3O4S/c12-11(13,14)10-16-8(17-21-10)1-3-15-9(18)5-7-2-4-22(19,20)6-7/h2,4,7H,1,3,5-6H2,(H,15,18)/t7-/m1/s1. The van der Waals surface area contributed by atoms with Crippen LogP contribution in [0.15, 0.2) is 16.0 Å². The number of alkyl halides is 3. The van der Waals surface area contributed by atoms with Crippen molar-refractivity contribution < 1.29 is 30.9 Å². The van der Waals surface area contributed by atoms with Gasteiger partial charge in [0.15, 0.2) is 15.7 Å². The molecule has 0 aromatic carbocycles. The number of sulfone groups is 1. The van der Waals surface area contributed by atoms with Crippen LogP contribution in [-0.4, -0.2) is 36.8 Å². The molecule has 0 bridgehead atoms. The van der Waals surface area contributed by atoms with Gasteiger partial charge in [-0.05, 0) is 0 Å². The van der Waals surface area contributed by atoms with Gasteiger partial charge in [0.25, 0.3) is 0 Å². The Labute approximate surface area is 123 Å². The van der Waals surface area contributed by atoms with Crippen LogP contribution in [0.4, 0.5) is 13.2 Å². The molecule has 2 heterocycles. The second-order valence-corrected chi connectivity index (χ2v) is 6.67. The lowest BCUT2D eigenvalue weighted by atomic mass is 10.1. The number of amides is 1. The van der Waals surface area contributed by atoms with Crippen LogP contribution in [0.5, 0.6) is 0 Å². The Bertz CT molecular complexity index is 681. The largest absolute Gasteiger partial charge is 0.471 e. The molecular formula is C11H12F3N3O4S. The number of carbonyl (C=O) groups is 1. The highest BCUT2D eigenvalue weighted by atomic mass is 32.2. The van der Waals surface area contributed by atoms with Crippen LogP contribution >= 0.6 is 0 Å². The van der Waals surface area contributed by atoms with Gasteiger partial charge in [-0.1, -0.05) is 11.2 Å². The van der Waals surface area contributed by atoms with Crippen LogP contribution in [0.2, 0.25) is 0 Å². The maximum atomic E-state index is 12.2. The van der Waals surface area contributed by atoms with Crippen molar-refractivity contribution in [1.82, 2.24) is 15.5 Å². The smallest absolute Gasteiger partial charge is 0.356 e. The summed E-state index contributed by atoms with van der Waals surface area (Å²) in [5.41, 5.74) is 0. The summed E-state index contributed by atoms with van der Waals surface area (Å²) >= 11 is 0. The lowest BCUT2D eigenvalue weighted by Crippen LogP contribution is -2.28. The monoisotopic (exact) mass is 339 g/mol. The van der Waals surface area contributed by atoms with Crippen LogP contribution in [0.1, 0.15) is 18.1 Å². The Morgan fingerprint density at radius 1 is 1.45 bits per heavy atom. The van der Waals surface area contributed by atoms with E-state index < -0.39 is 27.8 Å². The van der Waals surface area contributed by atoms with Crippen LogP contribution in [0.25, 0.3) is 0 Å².